The first-order chi connectivity index (χ1) is 14.2. The number of nitrogens with one attached hydrogen (secondary N) is 3. The second-order valence-electron chi connectivity index (χ2n) is 6.31. The fourth-order valence-corrected chi connectivity index (χ4v) is 3.83. The van der Waals surface area contributed by atoms with Crippen LogP contribution in [0.2, 0.25) is 0 Å². The van der Waals surface area contributed by atoms with Crippen molar-refractivity contribution < 1.29 is 9.59 Å². The van der Waals surface area contributed by atoms with Crippen LogP contribution in [0, 0.1) is 0 Å². The lowest BCUT2D eigenvalue weighted by Crippen LogP contribution is -2.42. The Morgan fingerprint density at radius 2 is 1.72 bits per heavy atom. The molecule has 2 heterocycles. The molecule has 0 spiro atoms. The molecule has 0 radical (unpaired) electrons. The summed E-state index contributed by atoms with van der Waals surface area (Å²) in [5.74, 6) is -0.715. The van der Waals surface area contributed by atoms with Crippen LogP contribution in [-0.4, -0.2) is 21.8 Å². The number of carbonyl (C=O) groups excluding carboxylic acids is 2. The minimum atomic E-state index is -0.413. The number of nitrogens with zero attached hydrogens (tertiary/aromatic N) is 1. The van der Waals surface area contributed by atoms with Crippen LogP contribution in [0.5, 0.6) is 0 Å². The average molecular weight is 402 g/mol. The second kappa shape index (κ2) is 8.62. The summed E-state index contributed by atoms with van der Waals surface area (Å²) in [7, 11) is 0. The molecule has 7 heteroatoms. The summed E-state index contributed by atoms with van der Waals surface area (Å²) in [5.41, 5.74) is 7.21. The maximum Gasteiger partial charge on any atom is 0.272 e. The standard InChI is InChI=1S/C22H18N4O2S/c27-20(13-15-14-24-19-11-5-4-9-17(15)19)25-26-21(28)18-10-6-12-23-22(18)29-16-7-2-1-3-8-16/h1-12,14,24H,13H2,(H,25,27)(H,26,28). The average Bonchev–Trinajstić information content (AvgIpc) is 3.16. The Balaban J connectivity index is 1.40. The quantitative estimate of drug-likeness (QED) is 0.444. The van der Waals surface area contributed by atoms with E-state index in [0.29, 0.717) is 10.6 Å². The summed E-state index contributed by atoms with van der Waals surface area (Å²) in [4.78, 5) is 33.3. The molecular formula is C22H18N4O2S. The highest BCUT2D eigenvalue weighted by Gasteiger charge is 2.15. The van der Waals surface area contributed by atoms with Crippen molar-refractivity contribution in [2.24, 2.45) is 0 Å². The van der Waals surface area contributed by atoms with Gasteiger partial charge in [-0.3, -0.25) is 20.4 Å². The number of benzene rings is 2. The highest BCUT2D eigenvalue weighted by molar-refractivity contribution is 7.99. The van der Waals surface area contributed by atoms with Crippen LogP contribution in [0.25, 0.3) is 10.9 Å². The Kier molecular flexibility index (Phi) is 5.58. The normalized spacial score (nSPS) is 10.6. The van der Waals surface area contributed by atoms with Crippen LogP contribution >= 0.6 is 11.8 Å². The zero-order valence-electron chi connectivity index (χ0n) is 15.4. The molecule has 2 aromatic heterocycles. The minimum Gasteiger partial charge on any atom is -0.361 e. The molecule has 0 aliphatic carbocycles. The van der Waals surface area contributed by atoms with E-state index in [2.05, 4.69) is 20.8 Å². The van der Waals surface area contributed by atoms with E-state index >= 15 is 0 Å². The Labute approximate surface area is 171 Å². The molecule has 144 valence electrons. The predicted molar refractivity (Wildman–Crippen MR) is 112 cm³/mol. The molecule has 0 atom stereocenters. The molecule has 6 nitrogen and oxygen atoms in total. The van der Waals surface area contributed by atoms with Gasteiger partial charge >= 0.3 is 0 Å². The van der Waals surface area contributed by atoms with Crippen LogP contribution in [0.15, 0.2) is 89.0 Å². The number of hydrogen-bond donors (Lipinski definition) is 3. The van der Waals surface area contributed by atoms with Gasteiger partial charge in [-0.25, -0.2) is 4.98 Å². The topological polar surface area (TPSA) is 86.9 Å². The molecule has 4 rings (SSSR count). The molecule has 2 aromatic carbocycles. The van der Waals surface area contributed by atoms with E-state index < -0.39 is 5.91 Å². The fourth-order valence-electron chi connectivity index (χ4n) is 2.93. The number of aromatic nitrogens is 2. The molecule has 0 aliphatic heterocycles. The molecule has 0 unspecified atom stereocenters. The Hall–Kier alpha value is -3.58. The number of carbonyl (C=O) groups is 2. The second-order valence-corrected chi connectivity index (χ2v) is 7.37. The van der Waals surface area contributed by atoms with Gasteiger partial charge in [0, 0.05) is 28.2 Å². The number of fused-ring (bicyclic) bond motifs is 1. The van der Waals surface area contributed by atoms with Crippen LogP contribution in [0.4, 0.5) is 0 Å². The van der Waals surface area contributed by atoms with E-state index in [1.165, 1.54) is 11.8 Å². The van der Waals surface area contributed by atoms with Crippen molar-refractivity contribution in [1.29, 1.82) is 0 Å². The molecule has 0 bridgehead atoms. The van der Waals surface area contributed by atoms with Gasteiger partial charge in [0.25, 0.3) is 5.91 Å². The third-order valence-corrected chi connectivity index (χ3v) is 5.34. The molecule has 3 N–H and O–H groups in total. The summed E-state index contributed by atoms with van der Waals surface area (Å²) in [6.07, 6.45) is 3.60. The lowest BCUT2D eigenvalue weighted by atomic mass is 10.1. The van der Waals surface area contributed by atoms with E-state index in [-0.39, 0.29) is 12.3 Å². The van der Waals surface area contributed by atoms with Gasteiger partial charge in [-0.15, -0.1) is 0 Å². The predicted octanol–water partition coefficient (Wildman–Crippen LogP) is 3.72. The van der Waals surface area contributed by atoms with Gasteiger partial charge in [0.05, 0.1) is 12.0 Å². The fraction of sp³-hybridized carbons (Fsp3) is 0.0455. The van der Waals surface area contributed by atoms with E-state index in [4.69, 9.17) is 0 Å². The van der Waals surface area contributed by atoms with Crippen LogP contribution in [0.3, 0.4) is 0 Å². The summed E-state index contributed by atoms with van der Waals surface area (Å²) >= 11 is 1.39. The number of aromatic amines is 1. The first-order valence-electron chi connectivity index (χ1n) is 9.03. The Morgan fingerprint density at radius 1 is 0.931 bits per heavy atom. The van der Waals surface area contributed by atoms with Crippen LogP contribution < -0.4 is 10.9 Å². The van der Waals surface area contributed by atoms with E-state index in [0.717, 1.165) is 21.4 Å². The third kappa shape index (κ3) is 4.47. The number of rotatable bonds is 5. The summed E-state index contributed by atoms with van der Waals surface area (Å²) < 4.78 is 0. The van der Waals surface area contributed by atoms with Gasteiger partial charge in [-0.2, -0.15) is 0 Å². The molecule has 4 aromatic rings. The van der Waals surface area contributed by atoms with Gasteiger partial charge in [0.1, 0.15) is 5.03 Å². The summed E-state index contributed by atoms with van der Waals surface area (Å²) in [6, 6.07) is 20.8. The van der Waals surface area contributed by atoms with Crippen molar-refractivity contribution in [2.45, 2.75) is 16.3 Å². The van der Waals surface area contributed by atoms with Gasteiger partial charge < -0.3 is 4.98 Å². The molecular weight excluding hydrogens is 384 g/mol. The Bertz CT molecular complexity index is 1160. The first kappa shape index (κ1) is 18.8. The maximum absolute atomic E-state index is 12.6. The lowest BCUT2D eigenvalue weighted by molar-refractivity contribution is -0.121. The molecule has 29 heavy (non-hydrogen) atoms. The number of pyridine rings is 1. The van der Waals surface area contributed by atoms with Gasteiger partial charge in [-0.05, 0) is 35.9 Å². The third-order valence-electron chi connectivity index (χ3n) is 4.31. The van der Waals surface area contributed by atoms with Crippen LogP contribution in [0.1, 0.15) is 15.9 Å². The number of hydrazine groups is 1. The van der Waals surface area contributed by atoms with E-state index in [1.807, 2.05) is 60.8 Å². The van der Waals surface area contributed by atoms with Crippen LogP contribution in [-0.2, 0) is 11.2 Å². The number of hydrogen-bond acceptors (Lipinski definition) is 4. The zero-order chi connectivity index (χ0) is 20.1. The van der Waals surface area contributed by atoms with Crippen molar-refractivity contribution in [1.82, 2.24) is 20.8 Å². The van der Waals surface area contributed by atoms with Gasteiger partial charge in [0.2, 0.25) is 5.91 Å². The SMILES string of the molecule is O=C(Cc1c[nH]c2ccccc12)NNC(=O)c1cccnc1Sc1ccccc1. The highest BCUT2D eigenvalue weighted by Crippen LogP contribution is 2.28. The van der Waals surface area contributed by atoms with Crippen molar-refractivity contribution in [2.75, 3.05) is 0 Å². The van der Waals surface area contributed by atoms with Crippen molar-refractivity contribution in [3.05, 3.63) is 90.3 Å². The zero-order valence-corrected chi connectivity index (χ0v) is 16.2. The molecule has 2 amide bonds. The molecule has 0 saturated carbocycles. The largest absolute Gasteiger partial charge is 0.361 e. The monoisotopic (exact) mass is 402 g/mol. The van der Waals surface area contributed by atoms with Crippen molar-refractivity contribution in [3.8, 4) is 0 Å². The van der Waals surface area contributed by atoms with Gasteiger partial charge in [-0.1, -0.05) is 48.2 Å². The molecule has 0 saturated heterocycles. The molecule has 0 aliphatic rings. The summed E-state index contributed by atoms with van der Waals surface area (Å²) in [6.45, 7) is 0. The lowest BCUT2D eigenvalue weighted by Gasteiger charge is -2.10. The summed E-state index contributed by atoms with van der Waals surface area (Å²) in [5, 5.41) is 1.56. The number of para-hydroxylation sites is 1. The number of H-pyrrole nitrogens is 1. The first-order valence-corrected chi connectivity index (χ1v) is 9.84. The minimum absolute atomic E-state index is 0.156. The Morgan fingerprint density at radius 3 is 2.59 bits per heavy atom. The van der Waals surface area contributed by atoms with Gasteiger partial charge in [0.15, 0.2) is 0 Å². The van der Waals surface area contributed by atoms with E-state index in [9.17, 15) is 9.59 Å². The van der Waals surface area contributed by atoms with E-state index in [1.54, 1.807) is 18.3 Å². The number of amides is 2. The smallest absolute Gasteiger partial charge is 0.272 e. The van der Waals surface area contributed by atoms with Crippen molar-refractivity contribution in [3.63, 3.8) is 0 Å². The highest BCUT2D eigenvalue weighted by atomic mass is 32.2. The maximum atomic E-state index is 12.6. The van der Waals surface area contributed by atoms with Crippen molar-refractivity contribution >= 4 is 34.5 Å². The molecule has 0 fully saturated rings.